The van der Waals surface area contributed by atoms with Crippen molar-refractivity contribution in [1.82, 2.24) is 15.5 Å². The van der Waals surface area contributed by atoms with Gasteiger partial charge in [0.2, 0.25) is 5.89 Å². The first-order valence-corrected chi connectivity index (χ1v) is 7.27. The molecule has 2 N–H and O–H groups in total. The van der Waals surface area contributed by atoms with Crippen LogP contribution in [-0.4, -0.2) is 42.6 Å². The van der Waals surface area contributed by atoms with E-state index in [2.05, 4.69) is 15.5 Å². The maximum atomic E-state index is 11.3. The molecule has 2 rings (SSSR count). The number of rotatable bonds is 3. The first kappa shape index (κ1) is 12.5. The number of aromatic nitrogens is 2. The Morgan fingerprint density at radius 1 is 1.59 bits per heavy atom. The molecule has 0 bridgehead atoms. The standard InChI is InChI=1S/C9H15N3O4S/c1-5(17(2,14)15)8-11-9(16-12-8)7-3-6(13)4-10-7/h5-7,10,13H,3-4H2,1-2H3/t5?,6-,7-/m0/s1. The zero-order valence-electron chi connectivity index (χ0n) is 9.62. The second-order valence-corrected chi connectivity index (χ2v) is 6.68. The summed E-state index contributed by atoms with van der Waals surface area (Å²) in [6.07, 6.45) is 1.20. The molecule has 0 spiro atoms. The summed E-state index contributed by atoms with van der Waals surface area (Å²) in [6.45, 7) is 1.99. The molecule has 0 radical (unpaired) electrons. The molecule has 1 saturated heterocycles. The summed E-state index contributed by atoms with van der Waals surface area (Å²) in [4.78, 5) is 4.06. The van der Waals surface area contributed by atoms with Gasteiger partial charge in [0.15, 0.2) is 15.7 Å². The molecule has 1 fully saturated rings. The van der Waals surface area contributed by atoms with E-state index in [0.717, 1.165) is 6.26 Å². The molecule has 7 nitrogen and oxygen atoms in total. The van der Waals surface area contributed by atoms with Gasteiger partial charge in [-0.2, -0.15) is 4.98 Å². The summed E-state index contributed by atoms with van der Waals surface area (Å²) in [5, 5.41) is 15.3. The molecule has 1 aliphatic rings. The van der Waals surface area contributed by atoms with Crippen molar-refractivity contribution in [1.29, 1.82) is 0 Å². The van der Waals surface area contributed by atoms with Crippen molar-refractivity contribution in [3.05, 3.63) is 11.7 Å². The van der Waals surface area contributed by atoms with E-state index in [-0.39, 0.29) is 11.9 Å². The summed E-state index contributed by atoms with van der Waals surface area (Å²) >= 11 is 0. The first-order valence-electron chi connectivity index (χ1n) is 5.31. The average Bonchev–Trinajstić information content (AvgIpc) is 2.83. The Balaban J connectivity index is 2.16. The quantitative estimate of drug-likeness (QED) is 0.760. The van der Waals surface area contributed by atoms with Crippen LogP contribution in [-0.2, 0) is 9.84 Å². The largest absolute Gasteiger partial charge is 0.392 e. The van der Waals surface area contributed by atoms with Gasteiger partial charge in [0.25, 0.3) is 0 Å². The summed E-state index contributed by atoms with van der Waals surface area (Å²) in [5.74, 6) is 0.484. The fourth-order valence-electron chi connectivity index (χ4n) is 1.65. The zero-order chi connectivity index (χ0) is 12.6. The molecule has 1 aromatic rings. The van der Waals surface area contributed by atoms with Crippen LogP contribution in [0, 0.1) is 0 Å². The normalized spacial score (nSPS) is 27.2. The molecule has 3 atom stereocenters. The lowest BCUT2D eigenvalue weighted by molar-refractivity contribution is 0.191. The molecule has 1 aromatic heterocycles. The van der Waals surface area contributed by atoms with E-state index >= 15 is 0 Å². The maximum Gasteiger partial charge on any atom is 0.243 e. The minimum Gasteiger partial charge on any atom is -0.392 e. The third kappa shape index (κ3) is 2.64. The summed E-state index contributed by atoms with van der Waals surface area (Å²) in [5.41, 5.74) is 0. The van der Waals surface area contributed by atoms with Crippen LogP contribution >= 0.6 is 0 Å². The molecular weight excluding hydrogens is 246 g/mol. The van der Waals surface area contributed by atoms with Crippen molar-refractivity contribution in [3.8, 4) is 0 Å². The smallest absolute Gasteiger partial charge is 0.243 e. The van der Waals surface area contributed by atoms with Gasteiger partial charge in [0.05, 0.1) is 12.1 Å². The van der Waals surface area contributed by atoms with Gasteiger partial charge in [-0.05, 0) is 13.3 Å². The molecule has 8 heteroatoms. The van der Waals surface area contributed by atoms with Crippen LogP contribution < -0.4 is 5.32 Å². The Bertz CT molecular complexity index is 498. The molecule has 1 unspecified atom stereocenters. The SMILES string of the molecule is CC(c1noc([C@@H]2C[C@H](O)CN2)n1)S(C)(=O)=O. The van der Waals surface area contributed by atoms with Crippen LogP contribution in [0.25, 0.3) is 0 Å². The van der Waals surface area contributed by atoms with Gasteiger partial charge in [-0.15, -0.1) is 0 Å². The molecule has 0 aliphatic carbocycles. The third-order valence-electron chi connectivity index (χ3n) is 2.87. The zero-order valence-corrected chi connectivity index (χ0v) is 10.4. The lowest BCUT2D eigenvalue weighted by atomic mass is 10.2. The van der Waals surface area contributed by atoms with E-state index < -0.39 is 21.2 Å². The third-order valence-corrected chi connectivity index (χ3v) is 4.36. The van der Waals surface area contributed by atoms with Crippen LogP contribution in [0.5, 0.6) is 0 Å². The number of nitrogens with zero attached hydrogens (tertiary/aromatic N) is 2. The number of sulfone groups is 1. The maximum absolute atomic E-state index is 11.3. The fourth-order valence-corrected chi connectivity index (χ4v) is 2.13. The molecule has 2 heterocycles. The molecule has 0 saturated carbocycles. The van der Waals surface area contributed by atoms with E-state index in [0.29, 0.717) is 18.9 Å². The Labute approximate surface area is 99.1 Å². The van der Waals surface area contributed by atoms with Gasteiger partial charge in [-0.25, -0.2) is 8.42 Å². The lowest BCUT2D eigenvalue weighted by Crippen LogP contribution is -2.15. The molecular formula is C9H15N3O4S. The highest BCUT2D eigenvalue weighted by molar-refractivity contribution is 7.90. The van der Waals surface area contributed by atoms with Gasteiger partial charge >= 0.3 is 0 Å². The Morgan fingerprint density at radius 3 is 2.82 bits per heavy atom. The van der Waals surface area contributed by atoms with Crippen molar-refractivity contribution < 1.29 is 18.0 Å². The molecule has 17 heavy (non-hydrogen) atoms. The molecule has 96 valence electrons. The molecule has 0 amide bonds. The second-order valence-electron chi connectivity index (χ2n) is 4.31. The van der Waals surface area contributed by atoms with E-state index in [4.69, 9.17) is 4.52 Å². The van der Waals surface area contributed by atoms with E-state index in [1.165, 1.54) is 6.92 Å². The average molecular weight is 261 g/mol. The monoisotopic (exact) mass is 261 g/mol. The molecule has 1 aliphatic heterocycles. The number of nitrogens with one attached hydrogen (secondary N) is 1. The Morgan fingerprint density at radius 2 is 2.29 bits per heavy atom. The van der Waals surface area contributed by atoms with Crippen LogP contribution in [0.15, 0.2) is 4.52 Å². The van der Waals surface area contributed by atoms with E-state index in [1.54, 1.807) is 0 Å². The van der Waals surface area contributed by atoms with E-state index in [1.807, 2.05) is 0 Å². The van der Waals surface area contributed by atoms with Gasteiger partial charge < -0.3 is 14.9 Å². The highest BCUT2D eigenvalue weighted by atomic mass is 32.2. The van der Waals surface area contributed by atoms with Crippen LogP contribution in [0.3, 0.4) is 0 Å². The highest BCUT2D eigenvalue weighted by Crippen LogP contribution is 2.24. The number of hydrogen-bond donors (Lipinski definition) is 2. The van der Waals surface area contributed by atoms with Crippen LogP contribution in [0.4, 0.5) is 0 Å². The Kier molecular flexibility index (Phi) is 3.19. The summed E-state index contributed by atoms with van der Waals surface area (Å²) in [6, 6.07) is -0.196. The lowest BCUT2D eigenvalue weighted by Gasteiger charge is -2.03. The topological polar surface area (TPSA) is 105 Å². The van der Waals surface area contributed by atoms with Crippen LogP contribution in [0.1, 0.15) is 36.4 Å². The van der Waals surface area contributed by atoms with Crippen LogP contribution in [0.2, 0.25) is 0 Å². The first-order chi connectivity index (χ1) is 7.88. The van der Waals surface area contributed by atoms with Crippen molar-refractivity contribution >= 4 is 9.84 Å². The minimum absolute atomic E-state index is 0.158. The predicted octanol–water partition coefficient (Wildman–Crippen LogP) is -0.429. The number of aliphatic hydroxyl groups excluding tert-OH is 1. The molecule has 0 aromatic carbocycles. The number of β-amino-alcohol motifs (C(OH)–C–C–N with tert-alkyl or cyclic N) is 1. The Hall–Kier alpha value is -0.990. The van der Waals surface area contributed by atoms with Gasteiger partial charge in [0, 0.05) is 12.8 Å². The second kappa shape index (κ2) is 4.35. The van der Waals surface area contributed by atoms with E-state index in [9.17, 15) is 13.5 Å². The number of hydrogen-bond acceptors (Lipinski definition) is 7. The fraction of sp³-hybridized carbons (Fsp3) is 0.778. The van der Waals surface area contributed by atoms with Crippen molar-refractivity contribution in [2.75, 3.05) is 12.8 Å². The number of aliphatic hydroxyl groups is 1. The van der Waals surface area contributed by atoms with Gasteiger partial charge in [-0.1, -0.05) is 5.16 Å². The highest BCUT2D eigenvalue weighted by Gasteiger charge is 2.30. The summed E-state index contributed by atoms with van der Waals surface area (Å²) < 4.78 is 27.7. The van der Waals surface area contributed by atoms with Gasteiger partial charge in [0.1, 0.15) is 5.25 Å². The predicted molar refractivity (Wildman–Crippen MR) is 58.9 cm³/mol. The van der Waals surface area contributed by atoms with Crippen molar-refractivity contribution in [3.63, 3.8) is 0 Å². The minimum atomic E-state index is -3.23. The van der Waals surface area contributed by atoms with Crippen molar-refractivity contribution in [2.45, 2.75) is 30.7 Å². The van der Waals surface area contributed by atoms with Gasteiger partial charge in [-0.3, -0.25) is 0 Å². The van der Waals surface area contributed by atoms with Crippen molar-refractivity contribution in [2.24, 2.45) is 0 Å². The summed E-state index contributed by atoms with van der Waals surface area (Å²) in [7, 11) is -3.23.